The van der Waals surface area contributed by atoms with Crippen molar-refractivity contribution >= 4 is 52.3 Å². The molecule has 20 heavy (non-hydrogen) atoms. The number of likely N-dealkylation sites (tertiary alicyclic amines) is 1. The van der Waals surface area contributed by atoms with E-state index in [1.54, 1.807) is 24.3 Å². The van der Waals surface area contributed by atoms with Crippen molar-refractivity contribution in [2.75, 3.05) is 13.1 Å². The Morgan fingerprint density at radius 1 is 1.20 bits per heavy atom. The molecule has 1 saturated heterocycles. The lowest BCUT2D eigenvalue weighted by molar-refractivity contribution is 0.0874. The van der Waals surface area contributed by atoms with Gasteiger partial charge in [0.1, 0.15) is 6.17 Å². The van der Waals surface area contributed by atoms with Gasteiger partial charge in [-0.15, -0.1) is 0 Å². The van der Waals surface area contributed by atoms with Gasteiger partial charge in [0, 0.05) is 13.1 Å². The van der Waals surface area contributed by atoms with Crippen LogP contribution in [-0.4, -0.2) is 33.9 Å². The number of benzene rings is 1. The van der Waals surface area contributed by atoms with Gasteiger partial charge in [-0.2, -0.15) is 0 Å². The summed E-state index contributed by atoms with van der Waals surface area (Å²) in [4.78, 5) is 14.2. The Morgan fingerprint density at radius 3 is 2.35 bits per heavy atom. The number of hydrogen-bond acceptors (Lipinski definition) is 2. The lowest BCUT2D eigenvalue weighted by Gasteiger charge is -2.33. The van der Waals surface area contributed by atoms with E-state index in [0.29, 0.717) is 10.6 Å². The Balaban J connectivity index is 2.16. The molecule has 0 radical (unpaired) electrons. The highest BCUT2D eigenvalue weighted by molar-refractivity contribution is 6.68. The first-order valence-corrected chi connectivity index (χ1v) is 7.77. The molecule has 0 aromatic heterocycles. The number of nitrogens with zero attached hydrogens (tertiary/aromatic N) is 1. The van der Waals surface area contributed by atoms with E-state index in [4.69, 9.17) is 46.4 Å². The molecule has 1 aliphatic heterocycles. The third-order valence-electron chi connectivity index (χ3n) is 3.20. The molecule has 1 aliphatic rings. The van der Waals surface area contributed by atoms with Crippen LogP contribution in [0.15, 0.2) is 24.3 Å². The van der Waals surface area contributed by atoms with Crippen molar-refractivity contribution in [2.45, 2.75) is 22.8 Å². The van der Waals surface area contributed by atoms with Crippen molar-refractivity contribution in [1.29, 1.82) is 0 Å². The quantitative estimate of drug-likeness (QED) is 0.835. The van der Waals surface area contributed by atoms with Gasteiger partial charge in [0.25, 0.3) is 5.91 Å². The largest absolute Gasteiger partial charge is 0.332 e. The predicted octanol–water partition coefficient (Wildman–Crippen LogP) is 3.86. The summed E-state index contributed by atoms with van der Waals surface area (Å²) in [6.07, 6.45) is 1.39. The molecule has 3 nitrogen and oxygen atoms in total. The lowest BCUT2D eigenvalue weighted by Crippen LogP contribution is -2.54. The number of carbonyl (C=O) groups excluding carboxylic acids is 1. The minimum Gasteiger partial charge on any atom is -0.332 e. The van der Waals surface area contributed by atoms with Crippen LogP contribution < -0.4 is 5.32 Å². The summed E-state index contributed by atoms with van der Waals surface area (Å²) in [5.74, 6) is -0.348. The normalized spacial score (nSPS) is 18.0. The summed E-state index contributed by atoms with van der Waals surface area (Å²) >= 11 is 24.0. The Bertz CT molecular complexity index is 484. The molecule has 1 aromatic carbocycles. The number of carbonyl (C=O) groups is 1. The van der Waals surface area contributed by atoms with Gasteiger partial charge in [-0.3, -0.25) is 9.69 Å². The SMILES string of the molecule is O=C(N[C@H](N1CCCC1)C(Cl)(Cl)Cl)c1ccccc1Cl. The maximum Gasteiger partial charge on any atom is 0.254 e. The zero-order valence-electron chi connectivity index (χ0n) is 10.6. The fourth-order valence-electron chi connectivity index (χ4n) is 2.23. The van der Waals surface area contributed by atoms with Gasteiger partial charge < -0.3 is 5.32 Å². The number of hydrogen-bond donors (Lipinski definition) is 1. The summed E-state index contributed by atoms with van der Waals surface area (Å²) in [6, 6.07) is 6.78. The van der Waals surface area contributed by atoms with Crippen LogP contribution in [-0.2, 0) is 0 Å². The van der Waals surface area contributed by atoms with Crippen molar-refractivity contribution in [3.8, 4) is 0 Å². The molecule has 1 N–H and O–H groups in total. The highest BCUT2D eigenvalue weighted by Gasteiger charge is 2.39. The topological polar surface area (TPSA) is 32.3 Å². The third-order valence-corrected chi connectivity index (χ3v) is 4.15. The molecule has 1 amide bonds. The fraction of sp³-hybridized carbons (Fsp3) is 0.462. The van der Waals surface area contributed by atoms with Crippen molar-refractivity contribution < 1.29 is 4.79 Å². The Morgan fingerprint density at radius 2 is 1.80 bits per heavy atom. The van der Waals surface area contributed by atoms with Crippen LogP contribution in [0.1, 0.15) is 23.2 Å². The molecular formula is C13H14Cl4N2O. The number of nitrogens with one attached hydrogen (secondary N) is 1. The summed E-state index contributed by atoms with van der Waals surface area (Å²) in [5, 5.41) is 3.13. The average Bonchev–Trinajstić information content (AvgIpc) is 2.88. The van der Waals surface area contributed by atoms with Gasteiger partial charge in [0.05, 0.1) is 10.6 Å². The second-order valence-electron chi connectivity index (χ2n) is 4.64. The van der Waals surface area contributed by atoms with Crippen molar-refractivity contribution in [1.82, 2.24) is 10.2 Å². The Kier molecular flexibility index (Phi) is 5.43. The predicted molar refractivity (Wildman–Crippen MR) is 83.8 cm³/mol. The van der Waals surface area contributed by atoms with Crippen molar-refractivity contribution in [2.24, 2.45) is 0 Å². The van der Waals surface area contributed by atoms with E-state index >= 15 is 0 Å². The molecule has 0 aliphatic carbocycles. The van der Waals surface area contributed by atoms with Gasteiger partial charge in [-0.25, -0.2) is 0 Å². The highest BCUT2D eigenvalue weighted by Crippen LogP contribution is 2.34. The first-order valence-electron chi connectivity index (χ1n) is 6.26. The average molecular weight is 356 g/mol. The molecule has 2 rings (SSSR count). The molecule has 7 heteroatoms. The van der Waals surface area contributed by atoms with Crippen LogP contribution in [0.4, 0.5) is 0 Å². The van der Waals surface area contributed by atoms with Crippen LogP contribution in [0.3, 0.4) is 0 Å². The van der Waals surface area contributed by atoms with Gasteiger partial charge >= 0.3 is 0 Å². The smallest absolute Gasteiger partial charge is 0.254 e. The molecule has 1 fully saturated rings. The number of alkyl halides is 3. The maximum absolute atomic E-state index is 12.3. The van der Waals surface area contributed by atoms with E-state index in [1.165, 1.54) is 0 Å². The van der Waals surface area contributed by atoms with Crippen LogP contribution in [0, 0.1) is 0 Å². The van der Waals surface area contributed by atoms with E-state index < -0.39 is 9.96 Å². The summed E-state index contributed by atoms with van der Waals surface area (Å²) < 4.78 is -1.60. The minimum absolute atomic E-state index is 0.348. The van der Waals surface area contributed by atoms with E-state index in [9.17, 15) is 4.79 Å². The van der Waals surface area contributed by atoms with Crippen LogP contribution in [0.5, 0.6) is 0 Å². The summed E-state index contributed by atoms with van der Waals surface area (Å²) in [5.41, 5.74) is 0.368. The van der Waals surface area contributed by atoms with E-state index in [1.807, 2.05) is 4.90 Å². The van der Waals surface area contributed by atoms with Crippen LogP contribution in [0.2, 0.25) is 5.02 Å². The molecule has 1 aromatic rings. The second-order valence-corrected chi connectivity index (χ2v) is 7.42. The molecule has 1 heterocycles. The monoisotopic (exact) mass is 354 g/mol. The van der Waals surface area contributed by atoms with E-state index in [2.05, 4.69) is 5.32 Å². The van der Waals surface area contributed by atoms with Crippen LogP contribution in [0.25, 0.3) is 0 Å². The first-order chi connectivity index (χ1) is 9.39. The third kappa shape index (κ3) is 3.92. The fourth-order valence-corrected chi connectivity index (χ4v) is 3.03. The molecule has 110 valence electrons. The van der Waals surface area contributed by atoms with E-state index in [0.717, 1.165) is 25.9 Å². The number of rotatable bonds is 3. The molecular weight excluding hydrogens is 342 g/mol. The van der Waals surface area contributed by atoms with Crippen LogP contribution >= 0.6 is 46.4 Å². The molecule has 0 saturated carbocycles. The van der Waals surface area contributed by atoms with Gasteiger partial charge in [0.2, 0.25) is 3.79 Å². The van der Waals surface area contributed by atoms with E-state index in [-0.39, 0.29) is 5.91 Å². The lowest BCUT2D eigenvalue weighted by atomic mass is 10.2. The second kappa shape index (κ2) is 6.71. The highest BCUT2D eigenvalue weighted by atomic mass is 35.6. The molecule has 0 unspecified atom stereocenters. The van der Waals surface area contributed by atoms with Crippen molar-refractivity contribution in [3.05, 3.63) is 34.9 Å². The van der Waals surface area contributed by atoms with Gasteiger partial charge in [0.15, 0.2) is 0 Å². The van der Waals surface area contributed by atoms with Crippen molar-refractivity contribution in [3.63, 3.8) is 0 Å². The summed E-state index contributed by atoms with van der Waals surface area (Å²) in [7, 11) is 0. The Hall–Kier alpha value is -0.190. The minimum atomic E-state index is -1.60. The molecule has 1 atom stereocenters. The maximum atomic E-state index is 12.3. The van der Waals surface area contributed by atoms with Gasteiger partial charge in [-0.1, -0.05) is 58.5 Å². The Labute approximate surface area is 138 Å². The standard InChI is InChI=1S/C13H14Cl4N2O/c14-10-6-2-1-5-9(10)11(20)18-12(13(15,16)17)19-7-3-4-8-19/h1-2,5-6,12H,3-4,7-8H2,(H,18,20)/t12-/m1/s1. The molecule has 0 bridgehead atoms. The molecule has 0 spiro atoms. The zero-order valence-corrected chi connectivity index (χ0v) is 13.6. The van der Waals surface area contributed by atoms with Gasteiger partial charge in [-0.05, 0) is 25.0 Å². The first kappa shape index (κ1) is 16.2. The summed E-state index contributed by atoms with van der Waals surface area (Å²) in [6.45, 7) is 1.59. The zero-order chi connectivity index (χ0) is 14.8. The number of amides is 1. The number of halogens is 4.